The lowest BCUT2D eigenvalue weighted by Crippen LogP contribution is -2.33. The van der Waals surface area contributed by atoms with Crippen molar-refractivity contribution < 1.29 is 10.2 Å². The minimum atomic E-state index is -0.487. The second-order valence-electron chi connectivity index (χ2n) is 5.72. The fourth-order valence-electron chi connectivity index (χ4n) is 3.68. The number of H-pyrrole nitrogens is 1. The molecule has 2 unspecified atom stereocenters. The molecular formula is C15H18F2N2. The molecule has 0 aliphatic carbocycles. The molecule has 1 aromatic heterocycles. The monoisotopic (exact) mass is 264 g/mol. The summed E-state index contributed by atoms with van der Waals surface area (Å²) < 4.78 is 27.3. The van der Waals surface area contributed by atoms with E-state index >= 15 is 0 Å². The van der Waals surface area contributed by atoms with Crippen LogP contribution in [0.2, 0.25) is 0 Å². The number of hydrogen-bond acceptors (Lipinski definition) is 1. The van der Waals surface area contributed by atoms with Gasteiger partial charge in [-0.2, -0.15) is 0 Å². The molecule has 19 heavy (non-hydrogen) atoms. The molecule has 4 heteroatoms. The predicted molar refractivity (Wildman–Crippen MR) is 72.4 cm³/mol. The molecule has 3 heterocycles. The van der Waals surface area contributed by atoms with Gasteiger partial charge in [-0.05, 0) is 37.4 Å². The van der Waals surface area contributed by atoms with Gasteiger partial charge in [-0.25, -0.2) is 8.78 Å². The van der Waals surface area contributed by atoms with Crippen LogP contribution in [0.3, 0.4) is 0 Å². The zero-order valence-corrected chi connectivity index (χ0v) is 10.7. The summed E-state index contributed by atoms with van der Waals surface area (Å²) in [6.07, 6.45) is 3.21. The van der Waals surface area contributed by atoms with Crippen molar-refractivity contribution in [3.05, 3.63) is 35.0 Å². The Morgan fingerprint density at radius 3 is 3.05 bits per heavy atom. The lowest BCUT2D eigenvalue weighted by Gasteiger charge is -2.29. The van der Waals surface area contributed by atoms with Crippen molar-refractivity contribution in [2.75, 3.05) is 19.6 Å². The third-order valence-electron chi connectivity index (χ3n) is 4.56. The highest BCUT2D eigenvalue weighted by molar-refractivity contribution is 5.85. The van der Waals surface area contributed by atoms with Gasteiger partial charge in [-0.3, -0.25) is 0 Å². The summed E-state index contributed by atoms with van der Waals surface area (Å²) in [4.78, 5) is 5.70. The zero-order chi connectivity index (χ0) is 13.0. The highest BCUT2D eigenvalue weighted by atomic mass is 19.1. The number of piperidine rings is 1. The summed E-state index contributed by atoms with van der Waals surface area (Å²) in [5, 5.41) is 0.737. The Labute approximate surface area is 111 Å². The van der Waals surface area contributed by atoms with Crippen LogP contribution in [0.15, 0.2) is 12.1 Å². The summed E-state index contributed by atoms with van der Waals surface area (Å²) >= 11 is 0. The largest absolute Gasteiger partial charge is 0.355 e. The highest BCUT2D eigenvalue weighted by Crippen LogP contribution is 2.36. The minimum absolute atomic E-state index is 0. The molecule has 4 rings (SSSR count). The average molecular weight is 264 g/mol. The molecule has 1 N–H and O–H groups in total. The number of hydrogen-bond donors (Lipinski definition) is 1. The van der Waals surface area contributed by atoms with Gasteiger partial charge in [-0.15, -0.1) is 0 Å². The van der Waals surface area contributed by atoms with Crippen LogP contribution in [0.4, 0.5) is 8.78 Å². The number of nitrogens with one attached hydrogen (secondary N) is 1. The Balaban J connectivity index is 0.00000121. The Hall–Kier alpha value is -1.42. The summed E-state index contributed by atoms with van der Waals surface area (Å²) in [6.45, 7) is 3.19. The average Bonchev–Trinajstić information content (AvgIpc) is 2.70. The zero-order valence-electron chi connectivity index (χ0n) is 10.7. The molecule has 0 amide bonds. The molecule has 2 aliphatic heterocycles. The first-order chi connectivity index (χ1) is 9.22. The van der Waals surface area contributed by atoms with E-state index in [9.17, 15) is 8.78 Å². The van der Waals surface area contributed by atoms with E-state index in [-0.39, 0.29) is 1.43 Å². The van der Waals surface area contributed by atoms with Gasteiger partial charge in [-0.1, -0.05) is 0 Å². The standard InChI is InChI=1S/C15H16F2N2.H2/c16-10-6-12-11-3-5-19-4-1-2-9(8-19)14(11)18-15(12)13(17)7-10;/h6-7,9,18H,1-5,8H2;1H. The predicted octanol–water partition coefficient (Wildman–Crippen LogP) is 3.43. The molecule has 1 aromatic carbocycles. The van der Waals surface area contributed by atoms with Gasteiger partial charge in [0.05, 0.1) is 5.52 Å². The van der Waals surface area contributed by atoms with E-state index in [0.29, 0.717) is 11.4 Å². The maximum atomic E-state index is 13.9. The second-order valence-corrected chi connectivity index (χ2v) is 5.72. The van der Waals surface area contributed by atoms with Crippen molar-refractivity contribution in [1.82, 2.24) is 9.88 Å². The smallest absolute Gasteiger partial charge is 0.150 e. The number of aromatic amines is 1. The van der Waals surface area contributed by atoms with Gasteiger partial charge >= 0.3 is 0 Å². The van der Waals surface area contributed by atoms with Crippen LogP contribution in [0, 0.1) is 11.6 Å². The Morgan fingerprint density at radius 1 is 1.26 bits per heavy atom. The van der Waals surface area contributed by atoms with E-state index < -0.39 is 11.6 Å². The maximum Gasteiger partial charge on any atom is 0.150 e. The summed E-state index contributed by atoms with van der Waals surface area (Å²) in [5.41, 5.74) is 2.75. The lowest BCUT2D eigenvalue weighted by atomic mass is 9.93. The first-order valence-corrected chi connectivity index (χ1v) is 6.94. The molecule has 1 fully saturated rings. The molecule has 2 aliphatic rings. The van der Waals surface area contributed by atoms with Crippen molar-refractivity contribution >= 4 is 10.9 Å². The number of benzene rings is 1. The van der Waals surface area contributed by atoms with Gasteiger partial charge in [0, 0.05) is 37.6 Å². The van der Waals surface area contributed by atoms with Crippen molar-refractivity contribution in [1.29, 1.82) is 0 Å². The van der Waals surface area contributed by atoms with Gasteiger partial charge < -0.3 is 9.88 Å². The molecule has 0 radical (unpaired) electrons. The van der Waals surface area contributed by atoms with Crippen molar-refractivity contribution in [2.45, 2.75) is 25.2 Å². The lowest BCUT2D eigenvalue weighted by molar-refractivity contribution is 0.217. The summed E-state index contributed by atoms with van der Waals surface area (Å²) in [7, 11) is 0. The molecule has 102 valence electrons. The Morgan fingerprint density at radius 2 is 2.16 bits per heavy atom. The third-order valence-corrected chi connectivity index (χ3v) is 4.56. The summed E-state index contributed by atoms with van der Waals surface area (Å²) in [6, 6.07) is 2.43. The normalized spacial score (nSPS) is 26.2. The SMILES string of the molecule is Fc1cc(F)c2[nH]c3c(c2c1)CCN1CCCC3C1.[HH]. The van der Waals surface area contributed by atoms with Gasteiger partial charge in [0.15, 0.2) is 0 Å². The molecule has 1 saturated heterocycles. The fraction of sp³-hybridized carbons (Fsp3) is 0.467. The quantitative estimate of drug-likeness (QED) is 0.772. The van der Waals surface area contributed by atoms with Crippen LogP contribution in [0.5, 0.6) is 0 Å². The summed E-state index contributed by atoms with van der Waals surface area (Å²) in [5.74, 6) is -0.517. The molecule has 0 saturated carbocycles. The van der Waals surface area contributed by atoms with Gasteiger partial charge in [0.2, 0.25) is 0 Å². The van der Waals surface area contributed by atoms with E-state index in [0.717, 1.165) is 55.2 Å². The first-order valence-electron chi connectivity index (χ1n) is 6.94. The molecule has 2 nitrogen and oxygen atoms in total. The Kier molecular flexibility index (Phi) is 2.42. The van der Waals surface area contributed by atoms with Crippen LogP contribution < -0.4 is 0 Å². The van der Waals surface area contributed by atoms with Crippen LogP contribution in [0.25, 0.3) is 10.9 Å². The minimum Gasteiger partial charge on any atom is -0.355 e. The van der Waals surface area contributed by atoms with E-state index in [1.807, 2.05) is 0 Å². The van der Waals surface area contributed by atoms with Crippen LogP contribution in [-0.2, 0) is 6.42 Å². The van der Waals surface area contributed by atoms with E-state index in [1.165, 1.54) is 12.5 Å². The number of nitrogens with zero attached hydrogens (tertiary/aromatic N) is 1. The van der Waals surface area contributed by atoms with Gasteiger partial charge in [0.25, 0.3) is 0 Å². The molecule has 2 aromatic rings. The fourth-order valence-corrected chi connectivity index (χ4v) is 3.68. The molecule has 2 bridgehead atoms. The van der Waals surface area contributed by atoms with Crippen LogP contribution in [-0.4, -0.2) is 29.5 Å². The third kappa shape index (κ3) is 1.70. The maximum absolute atomic E-state index is 13.9. The topological polar surface area (TPSA) is 19.0 Å². The van der Waals surface area contributed by atoms with E-state index in [4.69, 9.17) is 0 Å². The molecule has 2 atom stereocenters. The number of aromatic nitrogens is 1. The van der Waals surface area contributed by atoms with Crippen LogP contribution in [0.1, 0.15) is 31.4 Å². The number of rotatable bonds is 0. The number of fused-ring (bicyclic) bond motifs is 6. The molecule has 0 spiro atoms. The second kappa shape index (κ2) is 4.04. The van der Waals surface area contributed by atoms with E-state index in [1.54, 1.807) is 0 Å². The van der Waals surface area contributed by atoms with Gasteiger partial charge in [0.1, 0.15) is 11.6 Å². The van der Waals surface area contributed by atoms with Crippen molar-refractivity contribution in [3.63, 3.8) is 0 Å². The first kappa shape index (κ1) is 11.4. The highest BCUT2D eigenvalue weighted by Gasteiger charge is 2.29. The van der Waals surface area contributed by atoms with Crippen molar-refractivity contribution in [2.24, 2.45) is 0 Å². The number of halogens is 2. The van der Waals surface area contributed by atoms with Crippen molar-refractivity contribution in [3.8, 4) is 0 Å². The van der Waals surface area contributed by atoms with E-state index in [2.05, 4.69) is 9.88 Å². The van der Waals surface area contributed by atoms with Crippen LogP contribution >= 0.6 is 0 Å². The molecular weight excluding hydrogens is 246 g/mol. The Bertz CT molecular complexity index is 653.